The van der Waals surface area contributed by atoms with Gasteiger partial charge in [0.05, 0.1) is 6.61 Å². The molecule has 0 fully saturated rings. The van der Waals surface area contributed by atoms with E-state index in [4.69, 9.17) is 4.74 Å². The zero-order valence-electron chi connectivity index (χ0n) is 18.1. The third kappa shape index (κ3) is 6.93. The second-order valence-corrected chi connectivity index (χ2v) is 10.2. The lowest BCUT2D eigenvalue weighted by molar-refractivity contribution is 0.117. The first-order valence-corrected chi connectivity index (χ1v) is 12.6. The number of hydrogen-bond acceptors (Lipinski definition) is 1. The molecular formula is C27H30BrIO. The standard InChI is InChI=1S/C27H30BrIO/c1-4-5-6-7-8-30-18-21-13-24(22-9-19(2)11-26(28)16-22)15-25(14-21)23-10-20(3)12-27(29)17-23/h9-17H,4-8,18H2,1-3H3. The molecule has 158 valence electrons. The van der Waals surface area contributed by atoms with Crippen LogP contribution >= 0.6 is 38.5 Å². The summed E-state index contributed by atoms with van der Waals surface area (Å²) in [5.74, 6) is 0. The minimum Gasteiger partial charge on any atom is -0.377 e. The topological polar surface area (TPSA) is 9.23 Å². The van der Waals surface area contributed by atoms with Crippen molar-refractivity contribution in [3.05, 3.63) is 79.3 Å². The van der Waals surface area contributed by atoms with E-state index in [1.54, 1.807) is 0 Å². The Hall–Kier alpha value is -1.17. The summed E-state index contributed by atoms with van der Waals surface area (Å²) in [4.78, 5) is 0. The summed E-state index contributed by atoms with van der Waals surface area (Å²) < 4.78 is 8.41. The molecule has 0 N–H and O–H groups in total. The Morgan fingerprint density at radius 2 is 1.37 bits per heavy atom. The van der Waals surface area contributed by atoms with Gasteiger partial charge in [-0.15, -0.1) is 0 Å². The average molecular weight is 577 g/mol. The van der Waals surface area contributed by atoms with Crippen LogP contribution in [0.3, 0.4) is 0 Å². The molecule has 0 saturated carbocycles. The molecule has 0 spiro atoms. The number of rotatable bonds is 9. The van der Waals surface area contributed by atoms with Crippen LogP contribution in [-0.4, -0.2) is 6.61 Å². The molecule has 0 amide bonds. The minimum atomic E-state index is 0.656. The van der Waals surface area contributed by atoms with Gasteiger partial charge < -0.3 is 4.74 Å². The van der Waals surface area contributed by atoms with Gasteiger partial charge in [-0.3, -0.25) is 0 Å². The Morgan fingerprint density at radius 3 is 2.00 bits per heavy atom. The second kappa shape index (κ2) is 11.4. The van der Waals surface area contributed by atoms with Gasteiger partial charge in [-0.05, 0) is 124 Å². The Labute approximate surface area is 203 Å². The van der Waals surface area contributed by atoms with Crippen LogP contribution in [0.5, 0.6) is 0 Å². The molecule has 1 nitrogen and oxygen atoms in total. The fourth-order valence-electron chi connectivity index (χ4n) is 3.74. The first-order chi connectivity index (χ1) is 14.4. The van der Waals surface area contributed by atoms with Crippen molar-refractivity contribution in [2.24, 2.45) is 0 Å². The van der Waals surface area contributed by atoms with Gasteiger partial charge >= 0.3 is 0 Å². The van der Waals surface area contributed by atoms with Gasteiger partial charge in [0.1, 0.15) is 0 Å². The van der Waals surface area contributed by atoms with Crippen molar-refractivity contribution in [3.63, 3.8) is 0 Å². The zero-order valence-corrected chi connectivity index (χ0v) is 21.8. The maximum Gasteiger partial charge on any atom is 0.0717 e. The van der Waals surface area contributed by atoms with Crippen LogP contribution in [0, 0.1) is 17.4 Å². The monoisotopic (exact) mass is 576 g/mol. The molecule has 0 heterocycles. The molecule has 0 aliphatic carbocycles. The molecule has 3 heteroatoms. The summed E-state index contributed by atoms with van der Waals surface area (Å²) >= 11 is 6.06. The number of ether oxygens (including phenoxy) is 1. The fraction of sp³-hybridized carbons (Fsp3) is 0.333. The zero-order chi connectivity index (χ0) is 21.5. The quantitative estimate of drug-likeness (QED) is 0.182. The van der Waals surface area contributed by atoms with Crippen molar-refractivity contribution in [1.82, 2.24) is 0 Å². The van der Waals surface area contributed by atoms with E-state index in [0.29, 0.717) is 6.61 Å². The number of aryl methyl sites for hydroxylation is 2. The van der Waals surface area contributed by atoms with E-state index in [9.17, 15) is 0 Å². The van der Waals surface area contributed by atoms with Gasteiger partial charge in [-0.25, -0.2) is 0 Å². The molecule has 0 aliphatic heterocycles. The van der Waals surface area contributed by atoms with Gasteiger partial charge in [0, 0.05) is 14.6 Å². The van der Waals surface area contributed by atoms with Crippen molar-refractivity contribution in [3.8, 4) is 22.3 Å². The molecule has 0 aliphatic rings. The molecule has 30 heavy (non-hydrogen) atoms. The largest absolute Gasteiger partial charge is 0.377 e. The van der Waals surface area contributed by atoms with Crippen LogP contribution in [0.2, 0.25) is 0 Å². The molecule has 0 saturated heterocycles. The highest BCUT2D eigenvalue weighted by Gasteiger charge is 2.08. The summed E-state index contributed by atoms with van der Waals surface area (Å²) in [5, 5.41) is 0. The van der Waals surface area contributed by atoms with Crippen LogP contribution in [0.4, 0.5) is 0 Å². The Morgan fingerprint density at radius 1 is 0.733 bits per heavy atom. The number of halogens is 2. The van der Waals surface area contributed by atoms with E-state index in [1.807, 2.05) is 0 Å². The Bertz CT molecular complexity index is 886. The number of benzene rings is 3. The summed E-state index contributed by atoms with van der Waals surface area (Å²) in [7, 11) is 0. The molecule has 3 aromatic carbocycles. The minimum absolute atomic E-state index is 0.656. The lowest BCUT2D eigenvalue weighted by atomic mass is 9.95. The second-order valence-electron chi connectivity index (χ2n) is 8.07. The molecule has 0 bridgehead atoms. The first kappa shape index (κ1) is 23.5. The van der Waals surface area contributed by atoms with Gasteiger partial charge in [0.25, 0.3) is 0 Å². The van der Waals surface area contributed by atoms with E-state index in [-0.39, 0.29) is 0 Å². The molecular weight excluding hydrogens is 547 g/mol. The van der Waals surface area contributed by atoms with E-state index >= 15 is 0 Å². The maximum absolute atomic E-state index is 6.03. The van der Waals surface area contributed by atoms with E-state index < -0.39 is 0 Å². The van der Waals surface area contributed by atoms with Crippen molar-refractivity contribution in [2.45, 2.75) is 53.1 Å². The van der Waals surface area contributed by atoms with Crippen molar-refractivity contribution >= 4 is 38.5 Å². The van der Waals surface area contributed by atoms with Crippen LogP contribution in [0.15, 0.2) is 59.1 Å². The van der Waals surface area contributed by atoms with Crippen LogP contribution < -0.4 is 0 Å². The fourth-order valence-corrected chi connectivity index (χ4v) is 5.17. The lowest BCUT2D eigenvalue weighted by Gasteiger charge is -2.13. The highest BCUT2D eigenvalue weighted by Crippen LogP contribution is 2.32. The van der Waals surface area contributed by atoms with E-state index in [0.717, 1.165) is 17.5 Å². The van der Waals surface area contributed by atoms with Gasteiger partial charge in [0.2, 0.25) is 0 Å². The molecule has 0 unspecified atom stereocenters. The normalized spacial score (nSPS) is 11.1. The molecule has 0 atom stereocenters. The third-order valence-electron chi connectivity index (χ3n) is 5.15. The molecule has 0 radical (unpaired) electrons. The SMILES string of the molecule is CCCCCCOCc1cc(-c2cc(C)cc(Br)c2)cc(-c2cc(C)cc(I)c2)c1. The highest BCUT2D eigenvalue weighted by atomic mass is 127. The van der Waals surface area contributed by atoms with Crippen LogP contribution in [-0.2, 0) is 11.3 Å². The van der Waals surface area contributed by atoms with Crippen LogP contribution in [0.25, 0.3) is 22.3 Å². The predicted molar refractivity (Wildman–Crippen MR) is 141 cm³/mol. The van der Waals surface area contributed by atoms with E-state index in [2.05, 4.69) is 114 Å². The van der Waals surface area contributed by atoms with Gasteiger partial charge in [-0.1, -0.05) is 54.2 Å². The average Bonchev–Trinajstić information content (AvgIpc) is 2.69. The summed E-state index contributed by atoms with van der Waals surface area (Å²) in [5.41, 5.74) is 8.74. The Balaban J connectivity index is 1.93. The summed E-state index contributed by atoms with van der Waals surface area (Å²) in [6.07, 6.45) is 4.94. The summed E-state index contributed by atoms with van der Waals surface area (Å²) in [6.45, 7) is 8.03. The highest BCUT2D eigenvalue weighted by molar-refractivity contribution is 14.1. The maximum atomic E-state index is 6.03. The van der Waals surface area contributed by atoms with E-state index in [1.165, 1.54) is 61.8 Å². The van der Waals surface area contributed by atoms with Gasteiger partial charge in [0.15, 0.2) is 0 Å². The van der Waals surface area contributed by atoms with Crippen molar-refractivity contribution < 1.29 is 4.74 Å². The number of hydrogen-bond donors (Lipinski definition) is 0. The predicted octanol–water partition coefficient (Wildman–Crippen LogP) is 9.10. The Kier molecular flexibility index (Phi) is 8.97. The molecule has 3 aromatic rings. The van der Waals surface area contributed by atoms with Crippen LogP contribution in [0.1, 0.15) is 49.3 Å². The first-order valence-electron chi connectivity index (χ1n) is 10.7. The van der Waals surface area contributed by atoms with Crippen molar-refractivity contribution in [2.75, 3.05) is 6.61 Å². The third-order valence-corrected chi connectivity index (χ3v) is 6.24. The molecule has 0 aromatic heterocycles. The molecule has 3 rings (SSSR count). The summed E-state index contributed by atoms with van der Waals surface area (Å²) in [6, 6.07) is 20.2. The van der Waals surface area contributed by atoms with Crippen molar-refractivity contribution in [1.29, 1.82) is 0 Å². The lowest BCUT2D eigenvalue weighted by Crippen LogP contribution is -1.97. The van der Waals surface area contributed by atoms with Gasteiger partial charge in [-0.2, -0.15) is 0 Å². The number of unbranched alkanes of at least 4 members (excludes halogenated alkanes) is 3. The smallest absolute Gasteiger partial charge is 0.0717 e.